The monoisotopic (exact) mass is 328 g/mol. The van der Waals surface area contributed by atoms with Crippen LogP contribution in [0.15, 0.2) is 34.4 Å². The van der Waals surface area contributed by atoms with Crippen molar-refractivity contribution in [3.63, 3.8) is 0 Å². The zero-order valence-electron chi connectivity index (χ0n) is 13.1. The molecule has 124 valence electrons. The second-order valence-electron chi connectivity index (χ2n) is 5.66. The zero-order valence-corrected chi connectivity index (χ0v) is 13.1. The van der Waals surface area contributed by atoms with Gasteiger partial charge in [-0.2, -0.15) is 0 Å². The Labute approximate surface area is 138 Å². The summed E-state index contributed by atoms with van der Waals surface area (Å²) in [7, 11) is 0. The summed E-state index contributed by atoms with van der Waals surface area (Å²) < 4.78 is 5.36. The number of ketones is 2. The molecular weight excluding hydrogens is 310 g/mol. The number of benzene rings is 1. The first kappa shape index (κ1) is 16.3. The highest BCUT2D eigenvalue weighted by molar-refractivity contribution is 6.54. The van der Waals surface area contributed by atoms with Gasteiger partial charge in [-0.05, 0) is 5.53 Å². The average molecular weight is 328 g/mol. The minimum Gasteiger partial charge on any atom is -0.370 e. The van der Waals surface area contributed by atoms with Crippen LogP contribution in [0.1, 0.15) is 20.7 Å². The molecule has 1 fully saturated rings. The van der Waals surface area contributed by atoms with Crippen molar-refractivity contribution in [2.45, 2.75) is 6.04 Å². The number of nitrogens with zero attached hydrogens (tertiary/aromatic N) is 4. The predicted molar refractivity (Wildman–Crippen MR) is 86.7 cm³/mol. The Hall–Kier alpha value is -2.54. The molecule has 1 aliphatic heterocycles. The highest BCUT2D eigenvalue weighted by Gasteiger charge is 2.44. The summed E-state index contributed by atoms with van der Waals surface area (Å²) in [6.07, 6.45) is 0. The fraction of sp³-hybridized carbons (Fsp3) is 0.438. The van der Waals surface area contributed by atoms with Gasteiger partial charge in [0, 0.05) is 29.1 Å². The van der Waals surface area contributed by atoms with Crippen molar-refractivity contribution in [2.24, 2.45) is 10.1 Å². The van der Waals surface area contributed by atoms with Crippen LogP contribution in [0.5, 0.6) is 0 Å². The number of morpholine rings is 1. The quantitative estimate of drug-likeness (QED) is 0.366. The van der Waals surface area contributed by atoms with Crippen LogP contribution < -0.4 is 4.90 Å². The molecule has 1 N–H and O–H groups in total. The number of carbonyl (C=O) groups excluding carboxylic acids is 2. The number of aliphatic imine (C=N–C) groups is 1. The molecule has 3 rings (SSSR count). The number of nitrogens with one attached hydrogen (secondary N) is 1. The molecule has 1 atom stereocenters. The average Bonchev–Trinajstić information content (AvgIpc) is 2.63. The molecule has 0 aromatic heterocycles. The minimum atomic E-state index is -0.609. The van der Waals surface area contributed by atoms with Gasteiger partial charge in [-0.15, -0.1) is 0 Å². The van der Waals surface area contributed by atoms with Gasteiger partial charge in [0.15, 0.2) is 6.04 Å². The molecule has 24 heavy (non-hydrogen) atoms. The molecule has 0 radical (unpaired) electrons. The predicted octanol–water partition coefficient (Wildman–Crippen LogP) is 0.101. The van der Waals surface area contributed by atoms with Crippen molar-refractivity contribution in [3.8, 4) is 0 Å². The van der Waals surface area contributed by atoms with Crippen LogP contribution in [-0.4, -0.2) is 62.7 Å². The number of fused-ring (bicyclic) bond motifs is 1. The Morgan fingerprint density at radius 1 is 1.17 bits per heavy atom. The van der Waals surface area contributed by atoms with E-state index in [4.69, 9.17) is 10.3 Å². The summed E-state index contributed by atoms with van der Waals surface area (Å²) in [5.74, 6) is -0.292. The molecule has 1 heterocycles. The second-order valence-corrected chi connectivity index (χ2v) is 5.66. The van der Waals surface area contributed by atoms with Gasteiger partial charge >= 0.3 is 0 Å². The maximum Gasteiger partial charge on any atom is 0.227 e. The number of quaternary nitrogens is 1. The lowest BCUT2D eigenvalue weighted by molar-refractivity contribution is -0.913. The highest BCUT2D eigenvalue weighted by Crippen LogP contribution is 2.19. The van der Waals surface area contributed by atoms with Crippen molar-refractivity contribution in [1.82, 2.24) is 0 Å². The first-order valence-corrected chi connectivity index (χ1v) is 7.89. The second kappa shape index (κ2) is 7.35. The number of azide groups is 1. The number of rotatable bonds is 4. The first-order valence-electron chi connectivity index (χ1n) is 7.89. The smallest absolute Gasteiger partial charge is 0.227 e. The summed E-state index contributed by atoms with van der Waals surface area (Å²) in [6.45, 7) is 2.78. The summed E-state index contributed by atoms with van der Waals surface area (Å²) >= 11 is 0. The number of ether oxygens (including phenoxy) is 1. The Balaban J connectivity index is 1.99. The Morgan fingerprint density at radius 2 is 1.88 bits per heavy atom. The van der Waals surface area contributed by atoms with Crippen molar-refractivity contribution in [1.29, 1.82) is 0 Å². The normalized spacial score (nSPS) is 23.0. The maximum atomic E-state index is 13.0. The van der Waals surface area contributed by atoms with Gasteiger partial charge in [0.25, 0.3) is 0 Å². The van der Waals surface area contributed by atoms with Crippen LogP contribution in [0.4, 0.5) is 0 Å². The van der Waals surface area contributed by atoms with E-state index in [-0.39, 0.29) is 30.4 Å². The third-order valence-corrected chi connectivity index (χ3v) is 4.29. The topological polar surface area (TPSA) is 109 Å². The summed E-state index contributed by atoms with van der Waals surface area (Å²) in [5.41, 5.74) is 9.48. The molecule has 1 saturated heterocycles. The molecule has 1 aromatic carbocycles. The highest BCUT2D eigenvalue weighted by atomic mass is 16.5. The third-order valence-electron chi connectivity index (χ3n) is 4.29. The van der Waals surface area contributed by atoms with Gasteiger partial charge < -0.3 is 9.64 Å². The minimum absolute atomic E-state index is 0.0790. The van der Waals surface area contributed by atoms with Gasteiger partial charge in [-0.3, -0.25) is 14.6 Å². The molecule has 0 spiro atoms. The SMILES string of the molecule is [N-]=[N+]=NCCN=C1C(=O)c2ccccc2C(=O)[C@@H]1[NH+]1CCOCC1. The number of hydrogen-bond acceptors (Lipinski definition) is 5. The van der Waals surface area contributed by atoms with Crippen molar-refractivity contribution in [3.05, 3.63) is 45.8 Å². The number of carbonyl (C=O) groups is 2. The van der Waals surface area contributed by atoms with Crippen LogP contribution in [0.3, 0.4) is 0 Å². The van der Waals surface area contributed by atoms with E-state index in [1.807, 2.05) is 0 Å². The summed E-state index contributed by atoms with van der Waals surface area (Å²) in [5, 5.41) is 3.43. The Morgan fingerprint density at radius 3 is 2.58 bits per heavy atom. The van der Waals surface area contributed by atoms with E-state index in [1.165, 1.54) is 0 Å². The summed E-state index contributed by atoms with van der Waals surface area (Å²) in [6, 6.07) is 6.24. The third kappa shape index (κ3) is 3.07. The van der Waals surface area contributed by atoms with Gasteiger partial charge in [0.2, 0.25) is 11.6 Å². The lowest BCUT2D eigenvalue weighted by Crippen LogP contribution is -3.20. The Kier molecular flexibility index (Phi) is 5.00. The Bertz CT molecular complexity index is 733. The summed E-state index contributed by atoms with van der Waals surface area (Å²) in [4.78, 5) is 33.8. The van der Waals surface area contributed by atoms with Crippen LogP contribution in [0.25, 0.3) is 10.4 Å². The molecule has 0 amide bonds. The largest absolute Gasteiger partial charge is 0.370 e. The van der Waals surface area contributed by atoms with Gasteiger partial charge in [-0.1, -0.05) is 29.4 Å². The molecule has 1 aliphatic carbocycles. The molecule has 0 saturated carbocycles. The van der Waals surface area contributed by atoms with Crippen LogP contribution in [0, 0.1) is 0 Å². The zero-order chi connectivity index (χ0) is 16.9. The van der Waals surface area contributed by atoms with E-state index in [2.05, 4.69) is 15.0 Å². The van der Waals surface area contributed by atoms with E-state index in [0.29, 0.717) is 37.4 Å². The van der Waals surface area contributed by atoms with E-state index in [1.54, 1.807) is 24.3 Å². The molecule has 8 heteroatoms. The van der Waals surface area contributed by atoms with Crippen molar-refractivity contribution < 1.29 is 19.2 Å². The van der Waals surface area contributed by atoms with E-state index >= 15 is 0 Å². The number of Topliss-reactive ketones (excluding diaryl/α,β-unsaturated/α-hetero) is 2. The van der Waals surface area contributed by atoms with Gasteiger partial charge in [0.05, 0.1) is 13.2 Å². The van der Waals surface area contributed by atoms with Crippen molar-refractivity contribution >= 4 is 17.3 Å². The first-order chi connectivity index (χ1) is 11.7. The van der Waals surface area contributed by atoms with E-state index < -0.39 is 6.04 Å². The van der Waals surface area contributed by atoms with Crippen molar-refractivity contribution in [2.75, 3.05) is 39.4 Å². The van der Waals surface area contributed by atoms with E-state index in [9.17, 15) is 9.59 Å². The van der Waals surface area contributed by atoms with Gasteiger partial charge in [-0.25, -0.2) is 0 Å². The molecular formula is C16H18N5O3+. The van der Waals surface area contributed by atoms with Crippen LogP contribution in [-0.2, 0) is 4.74 Å². The molecule has 1 aromatic rings. The molecule has 2 aliphatic rings. The molecule has 8 nitrogen and oxygen atoms in total. The van der Waals surface area contributed by atoms with Crippen LogP contribution >= 0.6 is 0 Å². The fourth-order valence-corrected chi connectivity index (χ4v) is 3.17. The maximum absolute atomic E-state index is 13.0. The number of hydrogen-bond donors (Lipinski definition) is 1. The lowest BCUT2D eigenvalue weighted by Gasteiger charge is -2.33. The van der Waals surface area contributed by atoms with E-state index in [0.717, 1.165) is 4.90 Å². The lowest BCUT2D eigenvalue weighted by atomic mass is 9.83. The molecule has 0 unspecified atom stereocenters. The van der Waals surface area contributed by atoms with Gasteiger partial charge in [0.1, 0.15) is 18.8 Å². The standard InChI is InChI=1S/C16H17N5O3/c17-20-19-6-5-18-13-14(21-7-9-24-10-8-21)16(23)12-4-2-1-3-11(12)15(13)22/h1-4,14H,5-10H2/p+1/t14-/m1/s1. The van der Waals surface area contributed by atoms with Crippen LogP contribution in [0.2, 0.25) is 0 Å². The fourth-order valence-electron chi connectivity index (χ4n) is 3.17. The molecule has 0 bridgehead atoms.